The van der Waals surface area contributed by atoms with Crippen LogP contribution in [0.3, 0.4) is 0 Å². The molecule has 17 heavy (non-hydrogen) atoms. The summed E-state index contributed by atoms with van der Waals surface area (Å²) >= 11 is 0. The van der Waals surface area contributed by atoms with Crippen LogP contribution in [0.25, 0.3) is 10.9 Å². The number of H-pyrrole nitrogens is 1. The summed E-state index contributed by atoms with van der Waals surface area (Å²) in [7, 11) is 5.84. The van der Waals surface area contributed by atoms with Gasteiger partial charge in [-0.05, 0) is 31.8 Å². The Morgan fingerprint density at radius 1 is 1.24 bits per heavy atom. The lowest BCUT2D eigenvalue weighted by molar-refractivity contribution is 0.401. The molecule has 1 aromatic carbocycles. The molecule has 1 aromatic heterocycles. The van der Waals surface area contributed by atoms with Gasteiger partial charge in [0.05, 0.1) is 7.11 Å². The highest BCUT2D eigenvalue weighted by Crippen LogP contribution is 2.28. The molecule has 1 heterocycles. The zero-order valence-electron chi connectivity index (χ0n) is 11.4. The number of hydrogen-bond acceptors (Lipinski definition) is 2. The van der Waals surface area contributed by atoms with Gasteiger partial charge in [-0.15, -0.1) is 0 Å². The van der Waals surface area contributed by atoms with Gasteiger partial charge in [-0.3, -0.25) is 0 Å². The average molecular weight is 234 g/mol. The number of methoxy groups -OCH3 is 1. The minimum atomic E-state index is 0.917. The zero-order chi connectivity index (χ0) is 12.8. The van der Waals surface area contributed by atoms with Crippen molar-refractivity contribution in [2.75, 3.05) is 21.2 Å². The molecule has 0 aliphatic heterocycles. The van der Waals surface area contributed by atoms with E-state index in [-0.39, 0.29) is 0 Å². The molecule has 0 fully saturated rings. The third-order valence-corrected chi connectivity index (χ3v) is 2.46. The predicted molar refractivity (Wildman–Crippen MR) is 73.6 cm³/mol. The van der Waals surface area contributed by atoms with Crippen LogP contribution in [-0.2, 0) is 6.54 Å². The highest BCUT2D eigenvalue weighted by atomic mass is 16.5. The summed E-state index contributed by atoms with van der Waals surface area (Å²) in [6.07, 6.45) is 2.05. The molecule has 3 nitrogen and oxygen atoms in total. The number of aromatic nitrogens is 1. The molecule has 0 unspecified atom stereocenters. The number of nitrogens with one attached hydrogen (secondary N) is 1. The van der Waals surface area contributed by atoms with E-state index in [1.54, 1.807) is 7.11 Å². The van der Waals surface area contributed by atoms with Crippen molar-refractivity contribution in [3.8, 4) is 5.75 Å². The smallest absolute Gasteiger partial charge is 0.128 e. The molecule has 2 rings (SSSR count). The molecule has 0 spiro atoms. The van der Waals surface area contributed by atoms with Gasteiger partial charge in [0.25, 0.3) is 0 Å². The topological polar surface area (TPSA) is 28.3 Å². The fraction of sp³-hybridized carbons (Fsp3) is 0.429. The fourth-order valence-electron chi connectivity index (χ4n) is 1.86. The Balaban J connectivity index is 0.000000686. The van der Waals surface area contributed by atoms with Gasteiger partial charge in [0.2, 0.25) is 0 Å². The molecule has 0 aliphatic rings. The average Bonchev–Trinajstić information content (AvgIpc) is 2.74. The molecule has 1 N–H and O–H groups in total. The summed E-state index contributed by atoms with van der Waals surface area (Å²) in [5.74, 6) is 0.936. The second kappa shape index (κ2) is 6.30. The van der Waals surface area contributed by atoms with Gasteiger partial charge in [0.15, 0.2) is 0 Å². The van der Waals surface area contributed by atoms with Crippen LogP contribution in [0.2, 0.25) is 0 Å². The molecule has 0 aliphatic carbocycles. The van der Waals surface area contributed by atoms with E-state index in [0.29, 0.717) is 0 Å². The summed E-state index contributed by atoms with van der Waals surface area (Å²) in [5.41, 5.74) is 2.40. The van der Waals surface area contributed by atoms with Crippen LogP contribution in [0.1, 0.15) is 19.4 Å². The van der Waals surface area contributed by atoms with E-state index in [0.717, 1.165) is 17.8 Å². The standard InChI is InChI=1S/C12H16N2O.C2H6/c1-14(2)8-9-7-13-10-5-4-6-11(15-3)12(9)10;1-2/h4-7,13H,8H2,1-3H3;1-2H3. The van der Waals surface area contributed by atoms with Gasteiger partial charge >= 0.3 is 0 Å². The largest absolute Gasteiger partial charge is 0.496 e. The van der Waals surface area contributed by atoms with Crippen LogP contribution in [0.4, 0.5) is 0 Å². The van der Waals surface area contributed by atoms with E-state index in [9.17, 15) is 0 Å². The van der Waals surface area contributed by atoms with Crippen LogP contribution >= 0.6 is 0 Å². The minimum absolute atomic E-state index is 0.917. The summed E-state index contributed by atoms with van der Waals surface area (Å²) in [6, 6.07) is 6.06. The Hall–Kier alpha value is -1.48. The lowest BCUT2D eigenvalue weighted by Crippen LogP contribution is -2.10. The highest BCUT2D eigenvalue weighted by molar-refractivity contribution is 5.89. The number of hydrogen-bond donors (Lipinski definition) is 1. The molecule has 0 amide bonds. The van der Waals surface area contributed by atoms with E-state index in [1.165, 1.54) is 10.9 Å². The first kappa shape index (κ1) is 13.6. The maximum absolute atomic E-state index is 5.37. The lowest BCUT2D eigenvalue weighted by atomic mass is 10.1. The molecule has 2 aromatic rings. The third-order valence-electron chi connectivity index (χ3n) is 2.46. The Morgan fingerprint density at radius 3 is 2.53 bits per heavy atom. The van der Waals surface area contributed by atoms with Crippen molar-refractivity contribution in [2.45, 2.75) is 20.4 Å². The minimum Gasteiger partial charge on any atom is -0.496 e. The maximum Gasteiger partial charge on any atom is 0.128 e. The molecule has 0 bridgehead atoms. The van der Waals surface area contributed by atoms with Crippen molar-refractivity contribution in [1.29, 1.82) is 0 Å². The summed E-state index contributed by atoms with van der Waals surface area (Å²) < 4.78 is 5.37. The maximum atomic E-state index is 5.37. The second-order valence-electron chi connectivity index (χ2n) is 3.93. The fourth-order valence-corrected chi connectivity index (χ4v) is 1.86. The monoisotopic (exact) mass is 234 g/mol. The van der Waals surface area contributed by atoms with E-state index in [1.807, 2.05) is 32.2 Å². The number of aromatic amines is 1. The van der Waals surface area contributed by atoms with Gasteiger partial charge in [-0.2, -0.15) is 0 Å². The first-order valence-corrected chi connectivity index (χ1v) is 6.00. The van der Waals surface area contributed by atoms with Crippen molar-refractivity contribution in [1.82, 2.24) is 9.88 Å². The van der Waals surface area contributed by atoms with Crippen LogP contribution < -0.4 is 4.74 Å². The van der Waals surface area contributed by atoms with E-state index in [2.05, 4.69) is 30.0 Å². The Bertz CT molecular complexity index is 460. The van der Waals surface area contributed by atoms with E-state index >= 15 is 0 Å². The van der Waals surface area contributed by atoms with E-state index in [4.69, 9.17) is 4.74 Å². The molecule has 0 radical (unpaired) electrons. The molecule has 3 heteroatoms. The number of benzene rings is 1. The molecule has 0 saturated carbocycles. The number of nitrogens with zero attached hydrogens (tertiary/aromatic N) is 1. The van der Waals surface area contributed by atoms with Crippen molar-refractivity contribution in [2.24, 2.45) is 0 Å². The van der Waals surface area contributed by atoms with Gasteiger partial charge in [0.1, 0.15) is 5.75 Å². The van der Waals surface area contributed by atoms with Crippen LogP contribution in [0.5, 0.6) is 5.75 Å². The van der Waals surface area contributed by atoms with E-state index < -0.39 is 0 Å². The lowest BCUT2D eigenvalue weighted by Gasteiger charge is -2.09. The van der Waals surface area contributed by atoms with Crippen LogP contribution in [-0.4, -0.2) is 31.1 Å². The summed E-state index contributed by atoms with van der Waals surface area (Å²) in [6.45, 7) is 4.92. The van der Waals surface area contributed by atoms with Gasteiger partial charge in [-0.25, -0.2) is 0 Å². The number of rotatable bonds is 3. The van der Waals surface area contributed by atoms with Crippen molar-refractivity contribution >= 4 is 10.9 Å². The third kappa shape index (κ3) is 3.01. The SMILES string of the molecule is CC.COc1cccc2[nH]cc(CN(C)C)c12. The summed E-state index contributed by atoms with van der Waals surface area (Å²) in [4.78, 5) is 5.41. The normalized spacial score (nSPS) is 10.2. The molecule has 0 saturated heterocycles. The van der Waals surface area contributed by atoms with Crippen molar-refractivity contribution in [3.63, 3.8) is 0 Å². The molecule has 94 valence electrons. The van der Waals surface area contributed by atoms with Gasteiger partial charge in [0, 0.05) is 23.6 Å². The Labute approximate surface area is 103 Å². The van der Waals surface area contributed by atoms with Crippen LogP contribution in [0.15, 0.2) is 24.4 Å². The Kier molecular flexibility index (Phi) is 5.04. The first-order valence-electron chi connectivity index (χ1n) is 6.00. The quantitative estimate of drug-likeness (QED) is 0.883. The van der Waals surface area contributed by atoms with Gasteiger partial charge in [-0.1, -0.05) is 19.9 Å². The number of fused-ring (bicyclic) bond motifs is 1. The molecule has 0 atom stereocenters. The van der Waals surface area contributed by atoms with Crippen molar-refractivity contribution < 1.29 is 4.74 Å². The molecular weight excluding hydrogens is 212 g/mol. The second-order valence-corrected chi connectivity index (χ2v) is 3.93. The number of ether oxygens (including phenoxy) is 1. The molecular formula is C14H22N2O. The van der Waals surface area contributed by atoms with Crippen molar-refractivity contribution in [3.05, 3.63) is 30.0 Å². The highest BCUT2D eigenvalue weighted by Gasteiger charge is 2.08. The summed E-state index contributed by atoms with van der Waals surface area (Å²) in [5, 5.41) is 1.19. The Morgan fingerprint density at radius 2 is 1.94 bits per heavy atom. The van der Waals surface area contributed by atoms with Gasteiger partial charge < -0.3 is 14.6 Å². The predicted octanol–water partition coefficient (Wildman–Crippen LogP) is 3.26. The van der Waals surface area contributed by atoms with Crippen LogP contribution in [0, 0.1) is 0 Å². The zero-order valence-corrected chi connectivity index (χ0v) is 11.4. The first-order chi connectivity index (χ1) is 8.22.